The fourth-order valence-electron chi connectivity index (χ4n) is 7.21. The lowest BCUT2D eigenvalue weighted by Crippen LogP contribution is -1.97. The Morgan fingerprint density at radius 1 is 0.422 bits per heavy atom. The average molecular weight is 576 g/mol. The van der Waals surface area contributed by atoms with Gasteiger partial charge in [0.15, 0.2) is 0 Å². The number of aromatic nitrogens is 3. The Morgan fingerprint density at radius 2 is 0.978 bits per heavy atom. The Hall–Kier alpha value is -6.13. The van der Waals surface area contributed by atoms with Crippen molar-refractivity contribution in [3.8, 4) is 22.6 Å². The van der Waals surface area contributed by atoms with Crippen molar-refractivity contribution in [3.05, 3.63) is 152 Å². The first-order valence-corrected chi connectivity index (χ1v) is 15.2. The van der Waals surface area contributed by atoms with Crippen molar-refractivity contribution in [2.24, 2.45) is 0 Å². The van der Waals surface area contributed by atoms with E-state index in [1.165, 1.54) is 32.6 Å². The molecule has 0 aliphatic carbocycles. The summed E-state index contributed by atoms with van der Waals surface area (Å²) in [6, 6.07) is 51.5. The zero-order valence-electron chi connectivity index (χ0n) is 24.2. The van der Waals surface area contributed by atoms with Crippen LogP contribution in [0.3, 0.4) is 0 Å². The largest absolute Gasteiger partial charge is 0.455 e. The molecule has 4 heterocycles. The summed E-state index contributed by atoms with van der Waals surface area (Å²) in [6.45, 7) is 0. The number of hydrogen-bond acceptors (Lipinski definition) is 2. The zero-order valence-corrected chi connectivity index (χ0v) is 24.2. The quantitative estimate of drug-likeness (QED) is 0.210. The minimum absolute atomic E-state index is 0.869. The van der Waals surface area contributed by atoms with E-state index in [1.807, 2.05) is 18.3 Å². The number of pyridine rings is 1. The average Bonchev–Trinajstić information content (AvgIpc) is 3.76. The summed E-state index contributed by atoms with van der Waals surface area (Å²) in [5.74, 6) is 0. The topological polar surface area (TPSA) is 35.9 Å². The molecule has 6 aromatic carbocycles. The molecular formula is C41H25N3O. The van der Waals surface area contributed by atoms with Gasteiger partial charge in [0.25, 0.3) is 0 Å². The normalized spacial score (nSPS) is 12.0. The first-order chi connectivity index (χ1) is 22.3. The molecule has 0 amide bonds. The molecule has 4 aromatic heterocycles. The first kappa shape index (κ1) is 24.3. The second-order valence-electron chi connectivity index (χ2n) is 11.6. The highest BCUT2D eigenvalue weighted by atomic mass is 16.3. The monoisotopic (exact) mass is 575 g/mol. The molecule has 0 N–H and O–H groups in total. The second kappa shape index (κ2) is 9.18. The highest BCUT2D eigenvalue weighted by Gasteiger charge is 2.17. The van der Waals surface area contributed by atoms with Gasteiger partial charge in [-0.2, -0.15) is 0 Å². The van der Waals surface area contributed by atoms with Crippen molar-refractivity contribution in [3.63, 3.8) is 0 Å². The molecule has 0 aliphatic heterocycles. The predicted octanol–water partition coefficient (Wildman–Crippen LogP) is 10.8. The maximum absolute atomic E-state index is 6.30. The molecule has 0 saturated heterocycles. The van der Waals surface area contributed by atoms with Crippen molar-refractivity contribution >= 4 is 65.6 Å². The molecule has 0 unspecified atom stereocenters. The molecule has 210 valence electrons. The van der Waals surface area contributed by atoms with Gasteiger partial charge in [0.05, 0.1) is 39.6 Å². The van der Waals surface area contributed by atoms with E-state index in [-0.39, 0.29) is 0 Å². The van der Waals surface area contributed by atoms with Crippen molar-refractivity contribution < 1.29 is 4.42 Å². The van der Waals surface area contributed by atoms with E-state index in [2.05, 4.69) is 143 Å². The van der Waals surface area contributed by atoms with Gasteiger partial charge in [0.1, 0.15) is 11.2 Å². The molecular weight excluding hydrogens is 550 g/mol. The van der Waals surface area contributed by atoms with Crippen molar-refractivity contribution in [1.82, 2.24) is 14.1 Å². The van der Waals surface area contributed by atoms with Crippen LogP contribution in [0.1, 0.15) is 0 Å². The number of hydrogen-bond donors (Lipinski definition) is 0. The molecule has 4 heteroatoms. The molecule has 0 bridgehead atoms. The molecule has 0 atom stereocenters. The molecule has 0 saturated carbocycles. The molecule has 0 radical (unpaired) electrons. The summed E-state index contributed by atoms with van der Waals surface area (Å²) in [5, 5.41) is 7.18. The molecule has 10 rings (SSSR count). The Kier molecular flexibility index (Phi) is 4.96. The SMILES string of the molecule is c1ccc2c(c1)oc1c(-c3ccc(-n4c5ccccc5c5cc(-n6c7ccccc7c7ccccc76)ccc54)cn3)cccc12. The summed E-state index contributed by atoms with van der Waals surface area (Å²) in [6.07, 6.45) is 1.98. The number of nitrogens with zero attached hydrogens (tertiary/aromatic N) is 3. The van der Waals surface area contributed by atoms with Crippen LogP contribution < -0.4 is 0 Å². The van der Waals surface area contributed by atoms with E-state index in [0.29, 0.717) is 0 Å². The third kappa shape index (κ3) is 3.45. The fraction of sp³-hybridized carbons (Fsp3) is 0. The van der Waals surface area contributed by atoms with Gasteiger partial charge < -0.3 is 13.6 Å². The third-order valence-electron chi connectivity index (χ3n) is 9.18. The van der Waals surface area contributed by atoms with E-state index in [4.69, 9.17) is 9.40 Å². The number of fused-ring (bicyclic) bond motifs is 9. The Labute approximate surface area is 258 Å². The lowest BCUT2D eigenvalue weighted by molar-refractivity contribution is 0.670. The highest BCUT2D eigenvalue weighted by molar-refractivity contribution is 6.12. The molecule has 0 fully saturated rings. The van der Waals surface area contributed by atoms with E-state index in [1.54, 1.807) is 0 Å². The van der Waals surface area contributed by atoms with Gasteiger partial charge >= 0.3 is 0 Å². The van der Waals surface area contributed by atoms with Crippen LogP contribution in [0.15, 0.2) is 156 Å². The Bertz CT molecular complexity index is 2710. The third-order valence-corrected chi connectivity index (χ3v) is 9.18. The molecule has 0 spiro atoms. The van der Waals surface area contributed by atoms with Crippen LogP contribution >= 0.6 is 0 Å². The van der Waals surface area contributed by atoms with E-state index < -0.39 is 0 Å². The Balaban J connectivity index is 1.15. The fourth-order valence-corrected chi connectivity index (χ4v) is 7.21. The number of benzene rings is 6. The van der Waals surface area contributed by atoms with Crippen LogP contribution in [0, 0.1) is 0 Å². The number of rotatable bonds is 3. The van der Waals surface area contributed by atoms with Crippen LogP contribution in [0.4, 0.5) is 0 Å². The zero-order chi connectivity index (χ0) is 29.5. The van der Waals surface area contributed by atoms with Crippen LogP contribution in [-0.2, 0) is 0 Å². The van der Waals surface area contributed by atoms with Gasteiger partial charge in [-0.05, 0) is 60.7 Å². The first-order valence-electron chi connectivity index (χ1n) is 15.2. The predicted molar refractivity (Wildman–Crippen MR) is 186 cm³/mol. The van der Waals surface area contributed by atoms with Gasteiger partial charge in [0.2, 0.25) is 0 Å². The molecule has 0 aliphatic rings. The maximum atomic E-state index is 6.30. The van der Waals surface area contributed by atoms with Crippen LogP contribution in [0.2, 0.25) is 0 Å². The Morgan fingerprint density at radius 3 is 1.67 bits per heavy atom. The van der Waals surface area contributed by atoms with Gasteiger partial charge in [-0.1, -0.05) is 84.9 Å². The van der Waals surface area contributed by atoms with Crippen molar-refractivity contribution in [1.29, 1.82) is 0 Å². The molecule has 45 heavy (non-hydrogen) atoms. The van der Waals surface area contributed by atoms with Gasteiger partial charge in [-0.25, -0.2) is 0 Å². The summed E-state index contributed by atoms with van der Waals surface area (Å²) in [7, 11) is 0. The summed E-state index contributed by atoms with van der Waals surface area (Å²) < 4.78 is 11.0. The number of para-hydroxylation sites is 5. The van der Waals surface area contributed by atoms with E-state index in [9.17, 15) is 0 Å². The maximum Gasteiger partial charge on any atom is 0.144 e. The van der Waals surface area contributed by atoms with Crippen LogP contribution in [-0.4, -0.2) is 14.1 Å². The lowest BCUT2D eigenvalue weighted by Gasteiger charge is -2.11. The van der Waals surface area contributed by atoms with Gasteiger partial charge in [0, 0.05) is 43.6 Å². The summed E-state index contributed by atoms with van der Waals surface area (Å²) in [5.41, 5.74) is 10.5. The minimum Gasteiger partial charge on any atom is -0.455 e. The summed E-state index contributed by atoms with van der Waals surface area (Å²) in [4.78, 5) is 4.98. The highest BCUT2D eigenvalue weighted by Crippen LogP contribution is 2.38. The van der Waals surface area contributed by atoms with Crippen LogP contribution in [0.5, 0.6) is 0 Å². The minimum atomic E-state index is 0.869. The summed E-state index contributed by atoms with van der Waals surface area (Å²) >= 11 is 0. The van der Waals surface area contributed by atoms with Crippen molar-refractivity contribution in [2.45, 2.75) is 0 Å². The number of furan rings is 1. The standard InChI is InChI=1S/C41H25N3O/c1-5-16-36-28(10-1)29-11-2-6-17-37(29)43(36)26-21-23-39-34(24-26)30-12-3-7-18-38(30)44(39)27-20-22-35(42-25-27)33-15-9-14-32-31-13-4-8-19-40(31)45-41(32)33/h1-25H. The van der Waals surface area contributed by atoms with Crippen molar-refractivity contribution in [2.75, 3.05) is 0 Å². The lowest BCUT2D eigenvalue weighted by atomic mass is 10.1. The second-order valence-corrected chi connectivity index (χ2v) is 11.6. The van der Waals surface area contributed by atoms with E-state index in [0.717, 1.165) is 55.6 Å². The smallest absolute Gasteiger partial charge is 0.144 e. The van der Waals surface area contributed by atoms with E-state index >= 15 is 0 Å². The van der Waals surface area contributed by atoms with Crippen LogP contribution in [0.25, 0.3) is 88.2 Å². The van der Waals surface area contributed by atoms with Gasteiger partial charge in [-0.15, -0.1) is 0 Å². The molecule has 10 aromatic rings. The molecule has 4 nitrogen and oxygen atoms in total. The van der Waals surface area contributed by atoms with Gasteiger partial charge in [-0.3, -0.25) is 4.98 Å².